The van der Waals surface area contributed by atoms with Crippen LogP contribution in [-0.4, -0.2) is 31.9 Å². The van der Waals surface area contributed by atoms with Gasteiger partial charge in [-0.3, -0.25) is 4.79 Å². The normalized spacial score (nSPS) is 17.7. The van der Waals surface area contributed by atoms with E-state index >= 15 is 0 Å². The second kappa shape index (κ2) is 8.82. The molecule has 5 nitrogen and oxygen atoms in total. The number of carboxylic acids is 1. The average Bonchev–Trinajstić information content (AvgIpc) is 3.61. The molecule has 3 aromatic rings. The van der Waals surface area contributed by atoms with Crippen LogP contribution in [0.5, 0.6) is 11.5 Å². The number of hydrogen-bond acceptors (Lipinski definition) is 4. The van der Waals surface area contributed by atoms with E-state index in [-0.39, 0.29) is 11.8 Å². The molecule has 1 saturated carbocycles. The van der Waals surface area contributed by atoms with Crippen LogP contribution in [0.4, 0.5) is 0 Å². The van der Waals surface area contributed by atoms with E-state index in [9.17, 15) is 9.90 Å². The maximum atomic E-state index is 11.4. The summed E-state index contributed by atoms with van der Waals surface area (Å²) < 4.78 is 17.4. The van der Waals surface area contributed by atoms with Crippen molar-refractivity contribution in [1.29, 1.82) is 0 Å². The number of carboxylic acid groups (broad SMARTS) is 1. The first kappa shape index (κ1) is 20.9. The summed E-state index contributed by atoms with van der Waals surface area (Å²) in [7, 11) is 3.27. The molecule has 0 radical (unpaired) electrons. The van der Waals surface area contributed by atoms with E-state index < -0.39 is 11.6 Å². The van der Waals surface area contributed by atoms with Crippen LogP contribution in [0.25, 0.3) is 0 Å². The van der Waals surface area contributed by atoms with Crippen LogP contribution in [0, 0.1) is 11.8 Å². The second-order valence-corrected chi connectivity index (χ2v) is 7.76. The minimum atomic E-state index is -0.897. The Bertz CT molecular complexity index is 964. The molecule has 1 N–H and O–H groups in total. The van der Waals surface area contributed by atoms with Gasteiger partial charge in [-0.2, -0.15) is 0 Å². The summed E-state index contributed by atoms with van der Waals surface area (Å²) >= 11 is 0. The van der Waals surface area contributed by atoms with E-state index in [1.807, 2.05) is 78.9 Å². The highest BCUT2D eigenvalue weighted by Crippen LogP contribution is 2.45. The van der Waals surface area contributed by atoms with E-state index in [0.717, 1.165) is 28.2 Å². The highest BCUT2D eigenvalue weighted by Gasteiger charge is 2.46. The molecule has 1 fully saturated rings. The topological polar surface area (TPSA) is 65.0 Å². The van der Waals surface area contributed by atoms with Gasteiger partial charge in [-0.1, -0.05) is 54.6 Å². The van der Waals surface area contributed by atoms with E-state index in [2.05, 4.69) is 0 Å². The molecule has 0 spiro atoms. The third-order valence-corrected chi connectivity index (χ3v) is 5.93. The third kappa shape index (κ3) is 4.14. The Morgan fingerprint density at radius 1 is 0.839 bits per heavy atom. The molecule has 0 bridgehead atoms. The quantitative estimate of drug-likeness (QED) is 0.509. The number of rotatable bonds is 9. The fourth-order valence-corrected chi connectivity index (χ4v) is 4.04. The highest BCUT2D eigenvalue weighted by atomic mass is 16.5. The second-order valence-electron chi connectivity index (χ2n) is 7.76. The fraction of sp³-hybridized carbons (Fsp3) is 0.269. The molecule has 3 aromatic carbocycles. The molecular weight excluding hydrogens is 392 g/mol. The largest absolute Gasteiger partial charge is 0.497 e. The first-order chi connectivity index (χ1) is 15.1. The molecule has 4 rings (SSSR count). The lowest BCUT2D eigenvalue weighted by molar-refractivity contribution is -0.139. The van der Waals surface area contributed by atoms with Gasteiger partial charge in [0.05, 0.1) is 26.7 Å². The summed E-state index contributed by atoms with van der Waals surface area (Å²) in [5, 5.41) is 9.34. The van der Waals surface area contributed by atoms with Gasteiger partial charge in [0.15, 0.2) is 0 Å². The number of aliphatic carboxylic acids is 1. The van der Waals surface area contributed by atoms with Crippen molar-refractivity contribution >= 4 is 5.97 Å². The van der Waals surface area contributed by atoms with Crippen LogP contribution < -0.4 is 9.47 Å². The predicted octanol–water partition coefficient (Wildman–Crippen LogP) is 4.73. The molecule has 5 heteroatoms. The zero-order chi connectivity index (χ0) is 21.8. The molecule has 1 aliphatic carbocycles. The maximum Gasteiger partial charge on any atom is 0.306 e. The Kier molecular flexibility index (Phi) is 5.96. The first-order valence-electron chi connectivity index (χ1n) is 10.3. The Labute approximate surface area is 182 Å². The molecule has 0 aromatic heterocycles. The molecule has 31 heavy (non-hydrogen) atoms. The van der Waals surface area contributed by atoms with Crippen molar-refractivity contribution < 1.29 is 24.1 Å². The molecule has 0 saturated heterocycles. The molecular formula is C26H26O5. The minimum Gasteiger partial charge on any atom is -0.497 e. The zero-order valence-corrected chi connectivity index (χ0v) is 17.7. The number of hydrogen-bond donors (Lipinski definition) is 1. The number of carbonyl (C=O) groups is 1. The van der Waals surface area contributed by atoms with Gasteiger partial charge in [0.25, 0.3) is 0 Å². The Balaban J connectivity index is 1.83. The number of methoxy groups -OCH3 is 2. The lowest BCUT2D eigenvalue weighted by Crippen LogP contribution is -2.34. The summed E-state index contributed by atoms with van der Waals surface area (Å²) in [6, 6.07) is 25.7. The average molecular weight is 418 g/mol. The van der Waals surface area contributed by atoms with Crippen LogP contribution in [-0.2, 0) is 15.1 Å². The number of ether oxygens (including phenoxy) is 3. The molecule has 0 amide bonds. The Morgan fingerprint density at radius 3 is 1.74 bits per heavy atom. The van der Waals surface area contributed by atoms with Gasteiger partial charge in [0.1, 0.15) is 17.1 Å². The van der Waals surface area contributed by atoms with Crippen molar-refractivity contribution in [3.8, 4) is 11.5 Å². The molecule has 160 valence electrons. The van der Waals surface area contributed by atoms with Gasteiger partial charge >= 0.3 is 5.97 Å². The lowest BCUT2D eigenvalue weighted by atomic mass is 9.80. The van der Waals surface area contributed by atoms with E-state index in [1.54, 1.807) is 14.2 Å². The summed E-state index contributed by atoms with van der Waals surface area (Å²) in [6.07, 6.45) is 0.644. The van der Waals surface area contributed by atoms with Crippen molar-refractivity contribution in [3.63, 3.8) is 0 Å². The SMILES string of the molecule is COc1ccc(C(OCC2CC2C(=O)O)(c2ccccc2)c2ccc(OC)cc2)cc1. The minimum absolute atomic E-state index is 0.0112. The van der Waals surface area contributed by atoms with E-state index in [1.165, 1.54) is 0 Å². The van der Waals surface area contributed by atoms with E-state index in [0.29, 0.717) is 13.0 Å². The van der Waals surface area contributed by atoms with Crippen LogP contribution in [0.3, 0.4) is 0 Å². The van der Waals surface area contributed by atoms with Gasteiger partial charge < -0.3 is 19.3 Å². The Morgan fingerprint density at radius 2 is 1.32 bits per heavy atom. The maximum absolute atomic E-state index is 11.4. The van der Waals surface area contributed by atoms with Crippen molar-refractivity contribution in [1.82, 2.24) is 0 Å². The van der Waals surface area contributed by atoms with Crippen molar-refractivity contribution in [2.45, 2.75) is 12.0 Å². The van der Waals surface area contributed by atoms with Gasteiger partial charge in [-0.05, 0) is 53.3 Å². The van der Waals surface area contributed by atoms with Crippen molar-refractivity contribution in [3.05, 3.63) is 95.6 Å². The molecule has 1 aliphatic rings. The van der Waals surface area contributed by atoms with Gasteiger partial charge in [-0.25, -0.2) is 0 Å². The van der Waals surface area contributed by atoms with Crippen molar-refractivity contribution in [2.24, 2.45) is 11.8 Å². The lowest BCUT2D eigenvalue weighted by Gasteiger charge is -2.36. The van der Waals surface area contributed by atoms with Gasteiger partial charge in [0, 0.05) is 0 Å². The molecule has 0 heterocycles. The first-order valence-corrected chi connectivity index (χ1v) is 10.3. The monoisotopic (exact) mass is 418 g/mol. The summed E-state index contributed by atoms with van der Waals surface area (Å²) in [5.41, 5.74) is 1.96. The van der Waals surface area contributed by atoms with Crippen LogP contribution >= 0.6 is 0 Å². The van der Waals surface area contributed by atoms with Crippen molar-refractivity contribution in [2.75, 3.05) is 20.8 Å². The third-order valence-electron chi connectivity index (χ3n) is 5.93. The van der Waals surface area contributed by atoms with Gasteiger partial charge in [-0.15, -0.1) is 0 Å². The van der Waals surface area contributed by atoms with Gasteiger partial charge in [0.2, 0.25) is 0 Å². The zero-order valence-electron chi connectivity index (χ0n) is 17.7. The fourth-order valence-electron chi connectivity index (χ4n) is 4.04. The molecule has 2 unspecified atom stereocenters. The summed E-state index contributed by atoms with van der Waals surface area (Å²) in [4.78, 5) is 11.4. The van der Waals surface area contributed by atoms with E-state index in [4.69, 9.17) is 14.2 Å². The predicted molar refractivity (Wildman–Crippen MR) is 117 cm³/mol. The molecule has 0 aliphatic heterocycles. The standard InChI is InChI=1S/C26H26O5/c1-29-22-12-8-20(9-13-22)26(19-6-4-3-5-7-19,21-10-14-23(30-2)15-11-21)31-17-18-16-24(18)25(27)28/h3-15,18,24H,16-17H2,1-2H3,(H,27,28). The smallest absolute Gasteiger partial charge is 0.306 e. The molecule has 2 atom stereocenters. The highest BCUT2D eigenvalue weighted by molar-refractivity contribution is 5.73. The van der Waals surface area contributed by atoms with Crippen LogP contribution in [0.2, 0.25) is 0 Å². The summed E-state index contributed by atoms with van der Waals surface area (Å²) in [6.45, 7) is 0.351. The number of benzene rings is 3. The van der Waals surface area contributed by atoms with Crippen LogP contribution in [0.15, 0.2) is 78.9 Å². The Hall–Kier alpha value is -3.31. The van der Waals surface area contributed by atoms with Crippen LogP contribution in [0.1, 0.15) is 23.1 Å². The summed E-state index contributed by atoms with van der Waals surface area (Å²) in [5.74, 6) is 0.437.